The van der Waals surface area contributed by atoms with Crippen molar-refractivity contribution in [1.29, 1.82) is 0 Å². The number of rotatable bonds is 1. The molecule has 4 heteroatoms. The number of anilines is 3. The second kappa shape index (κ2) is 7.74. The molecule has 2 aliphatic heterocycles. The van der Waals surface area contributed by atoms with Gasteiger partial charge >= 0.3 is 6.85 Å². The number of aryl methyl sites for hydroxylation is 2. The number of benzene rings is 6. The highest BCUT2D eigenvalue weighted by Crippen LogP contribution is 2.49. The van der Waals surface area contributed by atoms with E-state index in [0.29, 0.717) is 0 Å². The van der Waals surface area contributed by atoms with E-state index in [4.69, 9.17) is 4.42 Å². The molecule has 10 rings (SSSR count). The van der Waals surface area contributed by atoms with Crippen molar-refractivity contribution in [2.75, 3.05) is 4.90 Å². The topological polar surface area (TPSA) is 21.3 Å². The molecular weight excluding hydrogens is 511 g/mol. The molecule has 8 aromatic rings. The number of nitrogens with zero attached hydrogens (tertiary/aromatic N) is 2. The van der Waals surface area contributed by atoms with E-state index >= 15 is 0 Å². The number of hydrogen-bond acceptors (Lipinski definition) is 2. The van der Waals surface area contributed by atoms with Crippen molar-refractivity contribution >= 4 is 78.6 Å². The molecule has 0 radical (unpaired) electrons. The van der Waals surface area contributed by atoms with E-state index in [1.807, 2.05) is 0 Å². The average molecular weight is 536 g/mol. The highest BCUT2D eigenvalue weighted by Gasteiger charge is 2.44. The maximum Gasteiger partial charge on any atom is 0.333 e. The summed E-state index contributed by atoms with van der Waals surface area (Å²) in [5.74, 6) is 0. The van der Waals surface area contributed by atoms with Crippen LogP contribution in [0.2, 0.25) is 0 Å². The molecule has 0 N–H and O–H groups in total. The van der Waals surface area contributed by atoms with Crippen molar-refractivity contribution in [2.45, 2.75) is 13.8 Å². The smallest absolute Gasteiger partial charge is 0.333 e. The van der Waals surface area contributed by atoms with Gasteiger partial charge < -0.3 is 13.8 Å². The molecule has 4 heterocycles. The summed E-state index contributed by atoms with van der Waals surface area (Å²) in [6.07, 6.45) is 0. The summed E-state index contributed by atoms with van der Waals surface area (Å²) < 4.78 is 9.26. The molecule has 0 fully saturated rings. The number of hydrogen-bond donors (Lipinski definition) is 0. The monoisotopic (exact) mass is 536 g/mol. The molecule has 0 unspecified atom stereocenters. The standard InChI is InChI=1S/C38H25BN2O/c1-22-9-7-10-24(19-22)40-31-20-23(2)17-18-29(31)39-37-32(40)21-34-35(27-12-4-6-16-33(27)42-34)36(37)28-14-8-13-26-25-11-3-5-15-30(25)41(39)38(26)28/h3-21H,1-2H3. The summed E-state index contributed by atoms with van der Waals surface area (Å²) in [7, 11) is 0. The van der Waals surface area contributed by atoms with Gasteiger partial charge in [-0.25, -0.2) is 0 Å². The Hall–Kier alpha value is -5.22. The van der Waals surface area contributed by atoms with Gasteiger partial charge in [0.1, 0.15) is 11.2 Å². The van der Waals surface area contributed by atoms with Gasteiger partial charge in [0.05, 0.1) is 0 Å². The van der Waals surface area contributed by atoms with Gasteiger partial charge in [0.25, 0.3) is 0 Å². The summed E-state index contributed by atoms with van der Waals surface area (Å²) in [5.41, 5.74) is 15.7. The van der Waals surface area contributed by atoms with Gasteiger partial charge in [-0.05, 0) is 71.8 Å². The minimum absolute atomic E-state index is 0.0296. The summed E-state index contributed by atoms with van der Waals surface area (Å²) in [4.78, 5) is 2.47. The lowest BCUT2D eigenvalue weighted by atomic mass is 9.45. The second-order valence-corrected chi connectivity index (χ2v) is 11.9. The van der Waals surface area contributed by atoms with Crippen molar-refractivity contribution < 1.29 is 4.42 Å². The van der Waals surface area contributed by atoms with Gasteiger partial charge in [-0.1, -0.05) is 78.9 Å². The van der Waals surface area contributed by atoms with Crippen LogP contribution in [0.15, 0.2) is 120 Å². The van der Waals surface area contributed by atoms with E-state index in [1.54, 1.807) is 0 Å². The van der Waals surface area contributed by atoms with Crippen LogP contribution in [0.25, 0.3) is 54.9 Å². The van der Waals surface area contributed by atoms with Gasteiger partial charge in [0.2, 0.25) is 0 Å². The zero-order valence-corrected chi connectivity index (χ0v) is 23.3. The highest BCUT2D eigenvalue weighted by atomic mass is 16.3. The summed E-state index contributed by atoms with van der Waals surface area (Å²) in [5, 5.41) is 4.97. The minimum atomic E-state index is 0.0296. The molecule has 0 saturated heterocycles. The molecule has 0 spiro atoms. The van der Waals surface area contributed by atoms with Crippen LogP contribution >= 0.6 is 0 Å². The Morgan fingerprint density at radius 1 is 0.619 bits per heavy atom. The van der Waals surface area contributed by atoms with E-state index in [9.17, 15) is 0 Å². The molecule has 0 aliphatic carbocycles. The van der Waals surface area contributed by atoms with Crippen LogP contribution in [0, 0.1) is 13.8 Å². The van der Waals surface area contributed by atoms with Crippen molar-refractivity contribution in [3.05, 3.63) is 126 Å². The first-order valence-electron chi connectivity index (χ1n) is 14.6. The van der Waals surface area contributed by atoms with Crippen LogP contribution in [-0.4, -0.2) is 11.3 Å². The molecule has 6 aromatic carbocycles. The second-order valence-electron chi connectivity index (χ2n) is 11.9. The van der Waals surface area contributed by atoms with E-state index < -0.39 is 0 Å². The average Bonchev–Trinajstić information content (AvgIpc) is 3.55. The Morgan fingerprint density at radius 2 is 1.40 bits per heavy atom. The molecule has 196 valence electrons. The Balaban J connectivity index is 1.48. The number of para-hydroxylation sites is 3. The number of aromatic nitrogens is 1. The highest BCUT2D eigenvalue weighted by molar-refractivity contribution is 6.90. The lowest BCUT2D eigenvalue weighted by Crippen LogP contribution is -2.56. The van der Waals surface area contributed by atoms with Crippen molar-refractivity contribution in [1.82, 2.24) is 4.48 Å². The van der Waals surface area contributed by atoms with Gasteiger partial charge in [0, 0.05) is 61.3 Å². The Morgan fingerprint density at radius 3 is 2.31 bits per heavy atom. The maximum atomic E-state index is 6.65. The molecule has 0 amide bonds. The van der Waals surface area contributed by atoms with Crippen molar-refractivity contribution in [3.8, 4) is 11.1 Å². The first-order valence-corrected chi connectivity index (χ1v) is 14.6. The SMILES string of the molecule is Cc1cccc(N2c3cc(C)ccc3B3c4c2cc2oc5ccccc5c2c4-c2cccc4c5ccccc5n3c24)c1. The quantitative estimate of drug-likeness (QED) is 0.196. The van der Waals surface area contributed by atoms with Crippen LogP contribution < -0.4 is 15.8 Å². The Kier molecular flexibility index (Phi) is 4.14. The molecule has 0 bridgehead atoms. The third-order valence-electron chi connectivity index (χ3n) is 9.44. The first-order chi connectivity index (χ1) is 20.7. The molecule has 0 atom stereocenters. The number of fused-ring (bicyclic) bond motifs is 11. The van der Waals surface area contributed by atoms with Crippen LogP contribution in [0.4, 0.5) is 17.1 Å². The molecule has 0 saturated carbocycles. The zero-order chi connectivity index (χ0) is 27.7. The Bertz CT molecular complexity index is 2460. The van der Waals surface area contributed by atoms with Gasteiger partial charge in [-0.15, -0.1) is 0 Å². The fourth-order valence-corrected chi connectivity index (χ4v) is 7.83. The van der Waals surface area contributed by atoms with Crippen molar-refractivity contribution in [3.63, 3.8) is 0 Å². The Labute approximate surface area is 243 Å². The van der Waals surface area contributed by atoms with E-state index in [-0.39, 0.29) is 6.85 Å². The lowest BCUT2D eigenvalue weighted by Gasteiger charge is -2.40. The normalized spacial score (nSPS) is 13.4. The third-order valence-corrected chi connectivity index (χ3v) is 9.44. The summed E-state index contributed by atoms with van der Waals surface area (Å²) >= 11 is 0. The van der Waals surface area contributed by atoms with Crippen LogP contribution in [0.1, 0.15) is 11.1 Å². The largest absolute Gasteiger partial charge is 0.456 e. The zero-order valence-electron chi connectivity index (χ0n) is 23.3. The first kappa shape index (κ1) is 22.5. The van der Waals surface area contributed by atoms with E-state index in [2.05, 4.69) is 138 Å². The molecule has 2 aromatic heterocycles. The van der Waals surface area contributed by atoms with Gasteiger partial charge in [0.15, 0.2) is 0 Å². The van der Waals surface area contributed by atoms with Gasteiger partial charge in [-0.2, -0.15) is 0 Å². The molecule has 42 heavy (non-hydrogen) atoms. The predicted molar refractivity (Wildman–Crippen MR) is 177 cm³/mol. The molecule has 2 aliphatic rings. The minimum Gasteiger partial charge on any atom is -0.456 e. The maximum absolute atomic E-state index is 6.65. The molecule has 3 nitrogen and oxygen atoms in total. The fraction of sp³-hybridized carbons (Fsp3) is 0.0526. The van der Waals surface area contributed by atoms with E-state index in [0.717, 1.165) is 11.2 Å². The lowest BCUT2D eigenvalue weighted by molar-refractivity contribution is 0.669. The van der Waals surface area contributed by atoms with E-state index in [1.165, 1.54) is 82.8 Å². The van der Waals surface area contributed by atoms with Gasteiger partial charge in [-0.3, -0.25) is 0 Å². The van der Waals surface area contributed by atoms with Crippen molar-refractivity contribution in [2.24, 2.45) is 0 Å². The number of furan rings is 1. The van der Waals surface area contributed by atoms with Crippen LogP contribution in [-0.2, 0) is 0 Å². The molecular formula is C38H25BN2O. The fourth-order valence-electron chi connectivity index (χ4n) is 7.83. The predicted octanol–water partition coefficient (Wildman–Crippen LogP) is 8.73. The van der Waals surface area contributed by atoms with Crippen LogP contribution in [0.3, 0.4) is 0 Å². The summed E-state index contributed by atoms with van der Waals surface area (Å²) in [6.45, 7) is 4.39. The van der Waals surface area contributed by atoms with Crippen LogP contribution in [0.5, 0.6) is 0 Å². The third kappa shape index (κ3) is 2.68. The summed E-state index contributed by atoms with van der Waals surface area (Å²) in [6, 6.07) is 42.3.